The Morgan fingerprint density at radius 3 is 2.17 bits per heavy atom. The summed E-state index contributed by atoms with van der Waals surface area (Å²) in [5, 5.41) is 3.66. The molecule has 0 amide bonds. The highest BCUT2D eigenvalue weighted by atomic mass is 32.1. The predicted octanol–water partition coefficient (Wildman–Crippen LogP) is 9.25. The van der Waals surface area contributed by atoms with Crippen LogP contribution in [-0.4, -0.2) is 9.97 Å². The summed E-state index contributed by atoms with van der Waals surface area (Å²) in [7, 11) is 0. The molecule has 0 saturated heterocycles. The quantitative estimate of drug-likeness (QED) is 0.251. The lowest BCUT2D eigenvalue weighted by molar-refractivity contribution is 0.589. The lowest BCUT2D eigenvalue weighted by Crippen LogP contribution is -2.12. The number of benzene rings is 4. The van der Waals surface area contributed by atoms with Crippen molar-refractivity contribution in [3.8, 4) is 22.4 Å². The molecule has 35 heavy (non-hydrogen) atoms. The molecule has 0 aliphatic rings. The van der Waals surface area contributed by atoms with Gasteiger partial charge in [0.05, 0.1) is 15.9 Å². The van der Waals surface area contributed by atoms with Crippen LogP contribution in [0.1, 0.15) is 37.5 Å². The zero-order valence-corrected chi connectivity index (χ0v) is 21.6. The van der Waals surface area contributed by atoms with Crippen LogP contribution >= 0.6 is 11.3 Å². The minimum Gasteiger partial charge on any atom is -0.235 e. The molecule has 0 saturated carbocycles. The fourth-order valence-electron chi connectivity index (χ4n) is 5.12. The van der Waals surface area contributed by atoms with Crippen LogP contribution < -0.4 is 0 Å². The number of thiophene rings is 1. The van der Waals surface area contributed by atoms with Crippen LogP contribution in [0.25, 0.3) is 53.5 Å². The maximum Gasteiger partial charge on any atom is 0.116 e. The molecule has 2 aromatic heterocycles. The molecule has 0 unspecified atom stereocenters. The second-order valence-electron chi connectivity index (χ2n) is 10.5. The number of rotatable bonds is 2. The van der Waals surface area contributed by atoms with E-state index >= 15 is 0 Å². The molecule has 0 bridgehead atoms. The third-order valence-electron chi connectivity index (χ3n) is 6.96. The van der Waals surface area contributed by atoms with E-state index in [1.54, 1.807) is 17.7 Å². The van der Waals surface area contributed by atoms with Gasteiger partial charge in [-0.25, -0.2) is 9.97 Å². The van der Waals surface area contributed by atoms with Crippen molar-refractivity contribution < 1.29 is 0 Å². The van der Waals surface area contributed by atoms with Gasteiger partial charge in [-0.05, 0) is 70.0 Å². The molecular formula is C32H28N2S. The van der Waals surface area contributed by atoms with E-state index in [9.17, 15) is 0 Å². The van der Waals surface area contributed by atoms with Gasteiger partial charge < -0.3 is 0 Å². The molecule has 0 aliphatic carbocycles. The van der Waals surface area contributed by atoms with Gasteiger partial charge in [0.1, 0.15) is 6.33 Å². The van der Waals surface area contributed by atoms with Crippen molar-refractivity contribution in [3.63, 3.8) is 0 Å². The molecule has 0 fully saturated rings. The number of nitrogens with zero attached hydrogens (tertiary/aromatic N) is 2. The lowest BCUT2D eigenvalue weighted by Gasteiger charge is -2.22. The zero-order valence-electron chi connectivity index (χ0n) is 20.8. The first-order chi connectivity index (χ1) is 16.8. The van der Waals surface area contributed by atoms with Crippen molar-refractivity contribution in [2.24, 2.45) is 0 Å². The van der Waals surface area contributed by atoms with Crippen LogP contribution in [0.3, 0.4) is 0 Å². The van der Waals surface area contributed by atoms with E-state index in [1.807, 2.05) is 0 Å². The minimum absolute atomic E-state index is 0.140. The Morgan fingerprint density at radius 2 is 1.43 bits per heavy atom. The van der Waals surface area contributed by atoms with Gasteiger partial charge in [0.15, 0.2) is 0 Å². The number of aryl methyl sites for hydroxylation is 2. The van der Waals surface area contributed by atoms with Crippen molar-refractivity contribution in [2.75, 3.05) is 0 Å². The van der Waals surface area contributed by atoms with E-state index in [-0.39, 0.29) is 5.41 Å². The molecule has 0 N–H and O–H groups in total. The molecule has 0 spiro atoms. The van der Waals surface area contributed by atoms with Gasteiger partial charge >= 0.3 is 0 Å². The van der Waals surface area contributed by atoms with E-state index in [4.69, 9.17) is 9.97 Å². The maximum absolute atomic E-state index is 4.72. The minimum atomic E-state index is 0.140. The van der Waals surface area contributed by atoms with Crippen molar-refractivity contribution in [2.45, 2.75) is 40.0 Å². The van der Waals surface area contributed by atoms with E-state index in [0.717, 1.165) is 21.5 Å². The molecular weight excluding hydrogens is 444 g/mol. The summed E-state index contributed by atoms with van der Waals surface area (Å²) in [5.74, 6) is 0. The summed E-state index contributed by atoms with van der Waals surface area (Å²) >= 11 is 1.79. The van der Waals surface area contributed by atoms with Crippen molar-refractivity contribution >= 4 is 42.4 Å². The molecule has 6 aromatic rings. The predicted molar refractivity (Wildman–Crippen MR) is 151 cm³/mol. The van der Waals surface area contributed by atoms with Gasteiger partial charge in [-0.15, -0.1) is 11.3 Å². The number of aromatic nitrogens is 2. The van der Waals surface area contributed by atoms with E-state index < -0.39 is 0 Å². The average Bonchev–Trinajstić information content (AvgIpc) is 3.21. The highest BCUT2D eigenvalue weighted by Crippen LogP contribution is 2.41. The van der Waals surface area contributed by atoms with Gasteiger partial charge in [-0.1, -0.05) is 81.4 Å². The lowest BCUT2D eigenvalue weighted by atomic mass is 9.82. The van der Waals surface area contributed by atoms with Crippen LogP contribution in [0.4, 0.5) is 0 Å². The summed E-state index contributed by atoms with van der Waals surface area (Å²) in [6, 6.07) is 26.6. The van der Waals surface area contributed by atoms with Crippen LogP contribution in [0.2, 0.25) is 0 Å². The maximum atomic E-state index is 4.72. The Hall–Kier alpha value is -3.56. The second-order valence-corrected chi connectivity index (χ2v) is 11.6. The molecule has 6 rings (SSSR count). The first-order valence-corrected chi connectivity index (χ1v) is 12.9. The first-order valence-electron chi connectivity index (χ1n) is 12.1. The third-order valence-corrected chi connectivity index (χ3v) is 8.11. The Kier molecular flexibility index (Phi) is 5.01. The highest BCUT2D eigenvalue weighted by molar-refractivity contribution is 7.26. The van der Waals surface area contributed by atoms with Crippen molar-refractivity contribution in [1.82, 2.24) is 9.97 Å². The number of fused-ring (bicyclic) bond motifs is 4. The fourth-order valence-corrected chi connectivity index (χ4v) is 6.33. The summed E-state index contributed by atoms with van der Waals surface area (Å²) in [5.41, 5.74) is 9.94. The Labute approximate surface area is 210 Å². The topological polar surface area (TPSA) is 25.8 Å². The summed E-state index contributed by atoms with van der Waals surface area (Å²) in [6.45, 7) is 11.3. The monoisotopic (exact) mass is 472 g/mol. The normalized spacial score (nSPS) is 12.1. The van der Waals surface area contributed by atoms with E-state index in [0.29, 0.717) is 0 Å². The molecule has 3 heteroatoms. The molecule has 0 radical (unpaired) electrons. The smallest absolute Gasteiger partial charge is 0.116 e. The third kappa shape index (κ3) is 3.71. The van der Waals surface area contributed by atoms with Crippen molar-refractivity contribution in [1.29, 1.82) is 0 Å². The Bertz CT molecular complexity index is 1730. The molecule has 2 heterocycles. The average molecular weight is 473 g/mol. The summed E-state index contributed by atoms with van der Waals surface area (Å²) in [6.07, 6.45) is 1.70. The second kappa shape index (κ2) is 8.00. The fraction of sp³-hybridized carbons (Fsp3) is 0.188. The molecule has 0 aliphatic heterocycles. The summed E-state index contributed by atoms with van der Waals surface area (Å²) < 4.78 is 2.39. The number of hydrogen-bond donors (Lipinski definition) is 0. The first kappa shape index (κ1) is 21.9. The Morgan fingerprint density at radius 1 is 0.714 bits per heavy atom. The van der Waals surface area contributed by atoms with E-state index in [1.165, 1.54) is 48.7 Å². The molecule has 2 nitrogen and oxygen atoms in total. The highest BCUT2D eigenvalue weighted by Gasteiger charge is 2.18. The van der Waals surface area contributed by atoms with Gasteiger partial charge in [-0.3, -0.25) is 0 Å². The Balaban J connectivity index is 1.51. The number of hydrogen-bond acceptors (Lipinski definition) is 3. The summed E-state index contributed by atoms with van der Waals surface area (Å²) in [4.78, 5) is 9.41. The SMILES string of the molecule is Cc1cc(C(C)(C)C)cc(C)c1-c1ccc2c(c1)sc1c(-c3ccc4ccccc4c3)ncnc12. The van der Waals surface area contributed by atoms with Crippen LogP contribution in [0, 0.1) is 13.8 Å². The molecule has 172 valence electrons. The van der Waals surface area contributed by atoms with Crippen molar-refractivity contribution in [3.05, 3.63) is 95.8 Å². The van der Waals surface area contributed by atoms with Gasteiger partial charge in [0.25, 0.3) is 0 Å². The molecule has 4 aromatic carbocycles. The van der Waals surface area contributed by atoms with Gasteiger partial charge in [0.2, 0.25) is 0 Å². The van der Waals surface area contributed by atoms with Gasteiger partial charge in [0, 0.05) is 15.6 Å². The largest absolute Gasteiger partial charge is 0.235 e. The van der Waals surface area contributed by atoms with E-state index in [2.05, 4.69) is 107 Å². The van der Waals surface area contributed by atoms with Crippen LogP contribution in [0.5, 0.6) is 0 Å². The molecule has 0 atom stereocenters. The van der Waals surface area contributed by atoms with Crippen LogP contribution in [0.15, 0.2) is 79.1 Å². The standard InChI is InChI=1S/C32H28N2S/c1-19-14-25(32(3,4)5)15-20(2)28(19)23-12-13-26-27(17-23)35-31-29(33-18-34-30(26)31)24-11-10-21-8-6-7-9-22(21)16-24/h6-18H,1-5H3. The van der Waals surface area contributed by atoms with Gasteiger partial charge in [-0.2, -0.15) is 0 Å². The van der Waals surface area contributed by atoms with Crippen LogP contribution in [-0.2, 0) is 5.41 Å². The zero-order chi connectivity index (χ0) is 24.3.